The Kier molecular flexibility index (Phi) is 5.64. The molecule has 3 aliphatic rings. The van der Waals surface area contributed by atoms with E-state index in [1.54, 1.807) is 7.11 Å². The maximum atomic E-state index is 12.2. The molecule has 0 aromatic heterocycles. The van der Waals surface area contributed by atoms with Crippen LogP contribution in [0.25, 0.3) is 0 Å². The molecule has 154 valence electrons. The number of aliphatic hydroxyl groups is 1. The van der Waals surface area contributed by atoms with Crippen molar-refractivity contribution in [2.75, 3.05) is 53.1 Å². The molecule has 0 bridgehead atoms. The van der Waals surface area contributed by atoms with Crippen LogP contribution in [0.15, 0.2) is 12.1 Å². The van der Waals surface area contributed by atoms with Crippen molar-refractivity contribution in [1.82, 2.24) is 9.80 Å². The van der Waals surface area contributed by atoms with Crippen molar-refractivity contribution in [2.45, 2.75) is 32.2 Å². The minimum atomic E-state index is 0.0277. The van der Waals surface area contributed by atoms with E-state index in [4.69, 9.17) is 14.2 Å². The molecule has 2 saturated heterocycles. The van der Waals surface area contributed by atoms with Crippen molar-refractivity contribution < 1.29 is 24.1 Å². The van der Waals surface area contributed by atoms with Crippen LogP contribution >= 0.6 is 0 Å². The van der Waals surface area contributed by atoms with Crippen LogP contribution in [0.1, 0.15) is 31.2 Å². The molecule has 0 radical (unpaired) electrons. The van der Waals surface area contributed by atoms with Crippen molar-refractivity contribution >= 4 is 5.91 Å². The molecule has 1 aromatic carbocycles. The molecule has 0 saturated carbocycles. The molecule has 1 atom stereocenters. The van der Waals surface area contributed by atoms with Crippen LogP contribution in [-0.4, -0.2) is 73.9 Å². The Morgan fingerprint density at radius 1 is 1.18 bits per heavy atom. The van der Waals surface area contributed by atoms with Crippen LogP contribution in [0.5, 0.6) is 17.2 Å². The second-order valence-corrected chi connectivity index (χ2v) is 8.16. The van der Waals surface area contributed by atoms with Crippen molar-refractivity contribution in [3.05, 3.63) is 17.7 Å². The average molecular weight is 390 g/mol. The number of benzene rings is 1. The number of amides is 1. The number of rotatable bonds is 5. The van der Waals surface area contributed by atoms with Gasteiger partial charge in [0.25, 0.3) is 0 Å². The van der Waals surface area contributed by atoms with Gasteiger partial charge in [-0.25, -0.2) is 0 Å². The highest BCUT2D eigenvalue weighted by atomic mass is 16.6. The van der Waals surface area contributed by atoms with Gasteiger partial charge < -0.3 is 24.2 Å². The number of carbonyl (C=O) groups excluding carboxylic acids is 1. The van der Waals surface area contributed by atoms with Crippen molar-refractivity contribution in [3.63, 3.8) is 0 Å². The number of methoxy groups -OCH3 is 1. The van der Waals surface area contributed by atoms with Gasteiger partial charge in [-0.05, 0) is 31.9 Å². The summed E-state index contributed by atoms with van der Waals surface area (Å²) in [5, 5.41) is 9.28. The zero-order valence-electron chi connectivity index (χ0n) is 16.6. The molecule has 1 amide bonds. The van der Waals surface area contributed by atoms with Gasteiger partial charge in [0.1, 0.15) is 19.0 Å². The van der Waals surface area contributed by atoms with E-state index >= 15 is 0 Å². The third-order valence-corrected chi connectivity index (χ3v) is 6.20. The lowest BCUT2D eigenvalue weighted by atomic mass is 9.73. The lowest BCUT2D eigenvalue weighted by Crippen LogP contribution is -2.54. The summed E-state index contributed by atoms with van der Waals surface area (Å²) < 4.78 is 17.0. The second kappa shape index (κ2) is 8.17. The molecule has 1 aromatic rings. The number of aliphatic hydroxyl groups excluding tert-OH is 1. The summed E-state index contributed by atoms with van der Waals surface area (Å²) in [6.07, 6.45) is 3.77. The molecule has 1 spiro atoms. The average Bonchev–Trinajstić information content (AvgIpc) is 2.71. The van der Waals surface area contributed by atoms with Gasteiger partial charge in [0.15, 0.2) is 11.5 Å². The van der Waals surface area contributed by atoms with Crippen molar-refractivity contribution in [3.8, 4) is 17.2 Å². The molecule has 2 fully saturated rings. The van der Waals surface area contributed by atoms with Gasteiger partial charge in [0, 0.05) is 49.6 Å². The normalized spacial score (nSPS) is 25.2. The number of nitrogens with zero attached hydrogens (tertiary/aromatic N) is 2. The van der Waals surface area contributed by atoms with Crippen LogP contribution in [0.3, 0.4) is 0 Å². The van der Waals surface area contributed by atoms with Crippen LogP contribution in [0, 0.1) is 5.41 Å². The fourth-order valence-electron chi connectivity index (χ4n) is 4.87. The number of hydrogen-bond donors (Lipinski definition) is 1. The third-order valence-electron chi connectivity index (χ3n) is 6.20. The maximum absolute atomic E-state index is 12.2. The topological polar surface area (TPSA) is 71.5 Å². The SMILES string of the molecule is COc1cc2c(cc1CN1CCC[C@]3(CCC(=O)N(CCO)C3)C1)OCCO2. The number of ether oxygens (including phenoxy) is 3. The van der Waals surface area contributed by atoms with Gasteiger partial charge in [0.05, 0.1) is 13.7 Å². The van der Waals surface area contributed by atoms with Gasteiger partial charge in [-0.2, -0.15) is 0 Å². The minimum absolute atomic E-state index is 0.0277. The van der Waals surface area contributed by atoms with E-state index in [9.17, 15) is 9.90 Å². The van der Waals surface area contributed by atoms with Crippen molar-refractivity contribution in [2.24, 2.45) is 5.41 Å². The summed E-state index contributed by atoms with van der Waals surface area (Å²) in [5.74, 6) is 2.52. The molecule has 0 aliphatic carbocycles. The molecule has 3 aliphatic heterocycles. The highest BCUT2D eigenvalue weighted by Gasteiger charge is 2.41. The number of likely N-dealkylation sites (tertiary alicyclic amines) is 2. The van der Waals surface area contributed by atoms with Gasteiger partial charge in [-0.15, -0.1) is 0 Å². The summed E-state index contributed by atoms with van der Waals surface area (Å²) >= 11 is 0. The summed E-state index contributed by atoms with van der Waals surface area (Å²) in [6, 6.07) is 3.96. The molecule has 1 N–H and O–H groups in total. The largest absolute Gasteiger partial charge is 0.496 e. The van der Waals surface area contributed by atoms with Crippen LogP contribution in [0.2, 0.25) is 0 Å². The van der Waals surface area contributed by atoms with Gasteiger partial charge in [0.2, 0.25) is 5.91 Å². The highest BCUT2D eigenvalue weighted by molar-refractivity contribution is 5.77. The Hall–Kier alpha value is -1.99. The third kappa shape index (κ3) is 3.91. The number of hydrogen-bond acceptors (Lipinski definition) is 6. The summed E-state index contributed by atoms with van der Waals surface area (Å²) in [7, 11) is 1.69. The summed E-state index contributed by atoms with van der Waals surface area (Å²) in [6.45, 7) is 5.13. The van der Waals surface area contributed by atoms with E-state index in [1.165, 1.54) is 0 Å². The molecule has 3 heterocycles. The predicted octanol–water partition coefficient (Wildman–Crippen LogP) is 1.66. The van der Waals surface area contributed by atoms with Crippen LogP contribution in [-0.2, 0) is 11.3 Å². The molecular weight excluding hydrogens is 360 g/mol. The first-order valence-corrected chi connectivity index (χ1v) is 10.2. The smallest absolute Gasteiger partial charge is 0.222 e. The molecular formula is C21H30N2O5. The fraction of sp³-hybridized carbons (Fsp3) is 0.667. The Morgan fingerprint density at radius 2 is 1.96 bits per heavy atom. The first-order chi connectivity index (χ1) is 13.6. The molecule has 28 heavy (non-hydrogen) atoms. The predicted molar refractivity (Wildman–Crippen MR) is 104 cm³/mol. The highest BCUT2D eigenvalue weighted by Crippen LogP contribution is 2.41. The molecule has 4 rings (SSSR count). The van der Waals surface area contributed by atoms with E-state index < -0.39 is 0 Å². The number of β-amino-alcohol motifs (C(OH)–C–C–N with tert-alkyl or cyclic N) is 1. The second-order valence-electron chi connectivity index (χ2n) is 8.16. The fourth-order valence-corrected chi connectivity index (χ4v) is 4.87. The van der Waals surface area contributed by atoms with E-state index in [-0.39, 0.29) is 17.9 Å². The number of piperidine rings is 2. The number of carbonyl (C=O) groups is 1. The summed E-state index contributed by atoms with van der Waals surface area (Å²) in [4.78, 5) is 16.5. The lowest BCUT2D eigenvalue weighted by Gasteiger charge is -2.48. The number of fused-ring (bicyclic) bond motifs is 1. The Morgan fingerprint density at radius 3 is 2.71 bits per heavy atom. The molecule has 7 nitrogen and oxygen atoms in total. The summed E-state index contributed by atoms with van der Waals surface area (Å²) in [5.41, 5.74) is 1.23. The zero-order valence-corrected chi connectivity index (χ0v) is 16.6. The van der Waals surface area contributed by atoms with Gasteiger partial charge in [-0.1, -0.05) is 0 Å². The quantitative estimate of drug-likeness (QED) is 0.825. The standard InChI is InChI=1S/C21H30N2O5/c1-26-17-12-19-18(27-9-10-28-19)11-16(17)13-22-6-2-4-21(14-22)5-3-20(25)23(15-21)7-8-24/h11-12,24H,2-10,13-15H2,1H3/t21-/m0/s1. The maximum Gasteiger partial charge on any atom is 0.222 e. The van der Waals surface area contributed by atoms with E-state index in [2.05, 4.69) is 4.90 Å². The van der Waals surface area contributed by atoms with Crippen LogP contribution < -0.4 is 14.2 Å². The van der Waals surface area contributed by atoms with Gasteiger partial charge in [-0.3, -0.25) is 9.69 Å². The van der Waals surface area contributed by atoms with Gasteiger partial charge >= 0.3 is 0 Å². The Bertz CT molecular complexity index is 725. The minimum Gasteiger partial charge on any atom is -0.496 e. The van der Waals surface area contributed by atoms with E-state index in [1.807, 2.05) is 17.0 Å². The lowest BCUT2D eigenvalue weighted by molar-refractivity contribution is -0.140. The van der Waals surface area contributed by atoms with E-state index in [0.717, 1.165) is 68.3 Å². The first-order valence-electron chi connectivity index (χ1n) is 10.2. The zero-order chi connectivity index (χ0) is 19.6. The molecule has 7 heteroatoms. The van der Waals surface area contributed by atoms with Crippen LogP contribution in [0.4, 0.5) is 0 Å². The Balaban J connectivity index is 1.49. The monoisotopic (exact) mass is 390 g/mol. The van der Waals surface area contributed by atoms with Crippen molar-refractivity contribution in [1.29, 1.82) is 0 Å². The van der Waals surface area contributed by atoms with E-state index in [0.29, 0.717) is 26.2 Å². The first kappa shape index (κ1) is 19.3. The Labute approximate surface area is 166 Å². The molecule has 0 unspecified atom stereocenters.